The van der Waals surface area contributed by atoms with Crippen molar-refractivity contribution in [2.75, 3.05) is 0 Å². The van der Waals surface area contributed by atoms with Crippen LogP contribution in [0, 0.1) is 0 Å². The van der Waals surface area contributed by atoms with Crippen molar-refractivity contribution in [2.45, 2.75) is 0 Å². The Hall–Kier alpha value is -6.78. The molecule has 0 unspecified atom stereocenters. The molecule has 0 fully saturated rings. The monoisotopic (exact) mass is 636 g/mol. The molecule has 0 radical (unpaired) electrons. The van der Waals surface area contributed by atoms with Crippen LogP contribution in [-0.4, -0.2) is 19.1 Å². The second-order valence-electron chi connectivity index (χ2n) is 13.0. The molecule has 232 valence electrons. The van der Waals surface area contributed by atoms with Crippen molar-refractivity contribution in [1.82, 2.24) is 19.1 Å². The van der Waals surface area contributed by atoms with Gasteiger partial charge in [-0.25, -0.2) is 9.97 Å². The van der Waals surface area contributed by atoms with Gasteiger partial charge in [0.15, 0.2) is 0 Å². The average molecular weight is 637 g/mol. The van der Waals surface area contributed by atoms with Crippen molar-refractivity contribution in [3.8, 4) is 22.9 Å². The fourth-order valence-electron chi connectivity index (χ4n) is 8.06. The van der Waals surface area contributed by atoms with E-state index in [-0.39, 0.29) is 0 Å². The zero-order valence-corrected chi connectivity index (χ0v) is 27.0. The van der Waals surface area contributed by atoms with Crippen LogP contribution in [0.2, 0.25) is 0 Å². The smallest absolute Gasteiger partial charge is 0.235 e. The second-order valence-corrected chi connectivity index (χ2v) is 13.0. The maximum atomic E-state index is 5.40. The average Bonchev–Trinajstić information content (AvgIpc) is 3.69. The number of para-hydroxylation sites is 4. The molecule has 4 nitrogen and oxygen atoms in total. The highest BCUT2D eigenvalue weighted by atomic mass is 15.2. The molecule has 3 aromatic heterocycles. The quantitative estimate of drug-likeness (QED) is 0.193. The topological polar surface area (TPSA) is 35.6 Å². The van der Waals surface area contributed by atoms with Crippen LogP contribution >= 0.6 is 0 Å². The SMILES string of the molecule is c1ccc(-n2c3ccccc3c3c4ccc(-c5nc(-n6c7ccccc7c7cc8ccccc8cc76)nc6ccccc56)cc4ccc32)cc1. The van der Waals surface area contributed by atoms with Gasteiger partial charge in [0.05, 0.1) is 33.3 Å². The van der Waals surface area contributed by atoms with E-state index in [2.05, 4.69) is 179 Å². The third kappa shape index (κ3) is 3.87. The van der Waals surface area contributed by atoms with Gasteiger partial charge in [-0.2, -0.15) is 0 Å². The highest BCUT2D eigenvalue weighted by Gasteiger charge is 2.19. The Morgan fingerprint density at radius 1 is 0.360 bits per heavy atom. The van der Waals surface area contributed by atoms with Gasteiger partial charge in [-0.3, -0.25) is 4.57 Å². The number of hydrogen-bond acceptors (Lipinski definition) is 2. The van der Waals surface area contributed by atoms with E-state index in [4.69, 9.17) is 9.97 Å². The molecule has 0 spiro atoms. The summed E-state index contributed by atoms with van der Waals surface area (Å²) in [6.45, 7) is 0. The lowest BCUT2D eigenvalue weighted by molar-refractivity contribution is 1.01. The van der Waals surface area contributed by atoms with Crippen molar-refractivity contribution in [2.24, 2.45) is 0 Å². The van der Waals surface area contributed by atoms with E-state index in [1.807, 2.05) is 0 Å². The van der Waals surface area contributed by atoms with E-state index in [1.165, 1.54) is 54.1 Å². The van der Waals surface area contributed by atoms with Gasteiger partial charge in [-0.05, 0) is 76.1 Å². The van der Waals surface area contributed by atoms with Crippen LogP contribution in [-0.2, 0) is 0 Å². The molecule has 3 heterocycles. The Morgan fingerprint density at radius 3 is 1.88 bits per heavy atom. The van der Waals surface area contributed by atoms with Crippen LogP contribution < -0.4 is 0 Å². The summed E-state index contributed by atoms with van der Waals surface area (Å²) in [4.78, 5) is 10.6. The van der Waals surface area contributed by atoms with Crippen LogP contribution in [0.25, 0.3) is 99.0 Å². The highest BCUT2D eigenvalue weighted by molar-refractivity contribution is 6.22. The standard InChI is InChI=1S/C46H28N4/c1-2-14-33(15-3-1)49-41-21-11-8-18-37(41)44-34-24-22-32(26-31(34)23-25-42(44)49)45-36-17-6-9-19-39(36)47-46(48-45)50-40-20-10-7-16-35(40)38-27-29-12-4-5-13-30(29)28-43(38)50/h1-28H. The lowest BCUT2D eigenvalue weighted by atomic mass is 9.99. The van der Waals surface area contributed by atoms with Gasteiger partial charge in [-0.15, -0.1) is 0 Å². The van der Waals surface area contributed by atoms with E-state index in [0.29, 0.717) is 5.95 Å². The number of aromatic nitrogens is 4. The third-order valence-electron chi connectivity index (χ3n) is 10.3. The molecule has 8 aromatic carbocycles. The van der Waals surface area contributed by atoms with Crippen LogP contribution in [0.4, 0.5) is 0 Å². The predicted octanol–water partition coefficient (Wildman–Crippen LogP) is 11.8. The van der Waals surface area contributed by atoms with Crippen molar-refractivity contribution in [1.29, 1.82) is 0 Å². The fourth-order valence-corrected chi connectivity index (χ4v) is 8.06. The summed E-state index contributed by atoms with van der Waals surface area (Å²) in [5, 5.41) is 10.8. The number of hydrogen-bond donors (Lipinski definition) is 0. The maximum Gasteiger partial charge on any atom is 0.235 e. The number of fused-ring (bicyclic) bond motifs is 10. The lowest BCUT2D eigenvalue weighted by Crippen LogP contribution is -2.03. The normalized spacial score (nSPS) is 12.0. The van der Waals surface area contributed by atoms with Crippen molar-refractivity contribution >= 4 is 76.1 Å². The zero-order valence-electron chi connectivity index (χ0n) is 27.0. The second kappa shape index (κ2) is 10.4. The predicted molar refractivity (Wildman–Crippen MR) is 209 cm³/mol. The number of rotatable bonds is 3. The van der Waals surface area contributed by atoms with E-state index < -0.39 is 0 Å². The molecule has 11 rings (SSSR count). The minimum Gasteiger partial charge on any atom is -0.309 e. The first-order chi connectivity index (χ1) is 24.8. The van der Waals surface area contributed by atoms with E-state index in [9.17, 15) is 0 Å². The van der Waals surface area contributed by atoms with E-state index in [1.54, 1.807) is 0 Å². The summed E-state index contributed by atoms with van der Waals surface area (Å²) in [6.07, 6.45) is 0. The Balaban J connectivity index is 1.17. The zero-order chi connectivity index (χ0) is 32.8. The van der Waals surface area contributed by atoms with Gasteiger partial charge in [0.2, 0.25) is 5.95 Å². The molecule has 0 aliphatic carbocycles. The van der Waals surface area contributed by atoms with Crippen LogP contribution in [0.1, 0.15) is 0 Å². The lowest BCUT2D eigenvalue weighted by Gasteiger charge is -2.13. The Bertz CT molecular complexity index is 3150. The van der Waals surface area contributed by atoms with Gasteiger partial charge in [0.1, 0.15) is 0 Å². The minimum absolute atomic E-state index is 0.668. The summed E-state index contributed by atoms with van der Waals surface area (Å²) < 4.78 is 4.60. The fraction of sp³-hybridized carbons (Fsp3) is 0. The molecule has 0 saturated carbocycles. The van der Waals surface area contributed by atoms with Crippen molar-refractivity contribution in [3.05, 3.63) is 170 Å². The highest BCUT2D eigenvalue weighted by Crippen LogP contribution is 2.40. The molecule has 0 aliphatic rings. The van der Waals surface area contributed by atoms with Gasteiger partial charge in [-0.1, -0.05) is 115 Å². The third-order valence-corrected chi connectivity index (χ3v) is 10.3. The van der Waals surface area contributed by atoms with Gasteiger partial charge >= 0.3 is 0 Å². The molecule has 0 saturated heterocycles. The minimum atomic E-state index is 0.668. The molecule has 11 aromatic rings. The molecule has 0 aliphatic heterocycles. The molecule has 0 amide bonds. The molecule has 50 heavy (non-hydrogen) atoms. The molecular weight excluding hydrogens is 609 g/mol. The van der Waals surface area contributed by atoms with Crippen molar-refractivity contribution < 1.29 is 0 Å². The van der Waals surface area contributed by atoms with E-state index >= 15 is 0 Å². The van der Waals surface area contributed by atoms with Crippen LogP contribution in [0.3, 0.4) is 0 Å². The molecule has 0 atom stereocenters. The first-order valence-electron chi connectivity index (χ1n) is 17.0. The van der Waals surface area contributed by atoms with Gasteiger partial charge < -0.3 is 4.57 Å². The Kier molecular flexibility index (Phi) is 5.63. The maximum absolute atomic E-state index is 5.40. The van der Waals surface area contributed by atoms with Crippen LogP contribution in [0.5, 0.6) is 0 Å². The first-order valence-corrected chi connectivity index (χ1v) is 17.0. The molecule has 0 bridgehead atoms. The first kappa shape index (κ1) is 27.2. The molecular formula is C46H28N4. The number of benzene rings is 8. The largest absolute Gasteiger partial charge is 0.309 e. The van der Waals surface area contributed by atoms with E-state index in [0.717, 1.165) is 38.9 Å². The molecule has 4 heteroatoms. The Morgan fingerprint density at radius 2 is 1.04 bits per heavy atom. The summed E-state index contributed by atoms with van der Waals surface area (Å²) in [5.74, 6) is 0.668. The summed E-state index contributed by atoms with van der Waals surface area (Å²) in [5.41, 5.74) is 8.66. The number of nitrogens with zero attached hydrogens (tertiary/aromatic N) is 4. The summed E-state index contributed by atoms with van der Waals surface area (Å²) >= 11 is 0. The van der Waals surface area contributed by atoms with Gasteiger partial charge in [0.25, 0.3) is 0 Å². The summed E-state index contributed by atoms with van der Waals surface area (Å²) in [7, 11) is 0. The van der Waals surface area contributed by atoms with Crippen molar-refractivity contribution in [3.63, 3.8) is 0 Å². The van der Waals surface area contributed by atoms with Crippen LogP contribution in [0.15, 0.2) is 170 Å². The Labute approximate surface area is 287 Å². The molecule has 0 N–H and O–H groups in total. The summed E-state index contributed by atoms with van der Waals surface area (Å²) in [6, 6.07) is 60.7. The van der Waals surface area contributed by atoms with Gasteiger partial charge in [0, 0.05) is 38.2 Å².